The first-order chi connectivity index (χ1) is 7.21. The minimum absolute atomic E-state index is 0.351. The monoisotopic (exact) mass is 201 g/mol. The van der Waals surface area contributed by atoms with Crippen LogP contribution in [-0.2, 0) is 5.60 Å². The Morgan fingerprint density at radius 3 is 2.27 bits per heavy atom. The van der Waals surface area contributed by atoms with E-state index in [2.05, 4.69) is 15.0 Å². The number of aromatic nitrogens is 3. The van der Waals surface area contributed by atoms with E-state index in [9.17, 15) is 5.11 Å². The Morgan fingerprint density at radius 2 is 1.67 bits per heavy atom. The van der Waals surface area contributed by atoms with Gasteiger partial charge in [-0.15, -0.1) is 0 Å². The first kappa shape index (κ1) is 9.73. The van der Waals surface area contributed by atoms with Crippen molar-refractivity contribution >= 4 is 0 Å². The average molecular weight is 201 g/mol. The molecule has 0 aliphatic rings. The van der Waals surface area contributed by atoms with Crippen molar-refractivity contribution in [2.24, 2.45) is 0 Å². The van der Waals surface area contributed by atoms with Gasteiger partial charge in [0.15, 0.2) is 11.4 Å². The Morgan fingerprint density at radius 1 is 1.00 bits per heavy atom. The molecule has 0 spiro atoms. The topological polar surface area (TPSA) is 58.9 Å². The van der Waals surface area contributed by atoms with Crippen LogP contribution >= 0.6 is 0 Å². The molecule has 76 valence electrons. The van der Waals surface area contributed by atoms with Crippen molar-refractivity contribution in [3.63, 3.8) is 0 Å². The summed E-state index contributed by atoms with van der Waals surface area (Å²) in [7, 11) is 0. The summed E-state index contributed by atoms with van der Waals surface area (Å²) in [6.07, 6.45) is 4.83. The van der Waals surface area contributed by atoms with E-state index in [-0.39, 0.29) is 0 Å². The normalized spacial score (nSPS) is 14.5. The lowest BCUT2D eigenvalue weighted by molar-refractivity contribution is 0.0874. The summed E-state index contributed by atoms with van der Waals surface area (Å²) in [6, 6.07) is 7.07. The van der Waals surface area contributed by atoms with Crippen molar-refractivity contribution in [3.8, 4) is 0 Å². The van der Waals surface area contributed by atoms with Gasteiger partial charge >= 0.3 is 0 Å². The molecule has 15 heavy (non-hydrogen) atoms. The maximum Gasteiger partial charge on any atom is 0.166 e. The number of pyridine rings is 1. The molecule has 0 amide bonds. The molecule has 2 rings (SSSR count). The predicted molar refractivity (Wildman–Crippen MR) is 54.9 cm³/mol. The lowest BCUT2D eigenvalue weighted by Crippen LogP contribution is -2.26. The van der Waals surface area contributed by atoms with E-state index in [0.29, 0.717) is 11.5 Å². The highest BCUT2D eigenvalue weighted by Crippen LogP contribution is 2.23. The second kappa shape index (κ2) is 3.74. The third-order valence-corrected chi connectivity index (χ3v) is 2.16. The van der Waals surface area contributed by atoms with Crippen LogP contribution in [-0.4, -0.2) is 20.1 Å². The number of hydrogen-bond donors (Lipinski definition) is 1. The third-order valence-electron chi connectivity index (χ3n) is 2.16. The van der Waals surface area contributed by atoms with Gasteiger partial charge in [0, 0.05) is 18.6 Å². The van der Waals surface area contributed by atoms with E-state index < -0.39 is 5.60 Å². The zero-order valence-corrected chi connectivity index (χ0v) is 8.33. The van der Waals surface area contributed by atoms with Crippen LogP contribution in [0.15, 0.2) is 42.9 Å². The first-order valence-corrected chi connectivity index (χ1v) is 4.62. The van der Waals surface area contributed by atoms with Gasteiger partial charge in [-0.1, -0.05) is 6.07 Å². The summed E-state index contributed by atoms with van der Waals surface area (Å²) in [5, 5.41) is 10.3. The summed E-state index contributed by atoms with van der Waals surface area (Å²) in [5.74, 6) is 0.351. The quantitative estimate of drug-likeness (QED) is 0.791. The van der Waals surface area contributed by atoms with Crippen LogP contribution in [0.25, 0.3) is 0 Å². The minimum atomic E-state index is -1.25. The van der Waals surface area contributed by atoms with Crippen LogP contribution in [0.1, 0.15) is 18.4 Å². The molecule has 1 atom stereocenters. The van der Waals surface area contributed by atoms with Crippen LogP contribution in [0.3, 0.4) is 0 Å². The average Bonchev–Trinajstić information content (AvgIpc) is 2.31. The van der Waals surface area contributed by atoms with Gasteiger partial charge in [0.2, 0.25) is 0 Å². The van der Waals surface area contributed by atoms with E-state index >= 15 is 0 Å². The molecule has 4 heteroatoms. The maximum absolute atomic E-state index is 10.3. The SMILES string of the molecule is CC(O)(c1ccccn1)c1ncccn1. The summed E-state index contributed by atoms with van der Waals surface area (Å²) < 4.78 is 0. The second-order valence-corrected chi connectivity index (χ2v) is 3.36. The lowest BCUT2D eigenvalue weighted by atomic mass is 10.0. The fraction of sp³-hybridized carbons (Fsp3) is 0.182. The van der Waals surface area contributed by atoms with Crippen LogP contribution < -0.4 is 0 Å². The molecular weight excluding hydrogens is 190 g/mol. The molecule has 0 saturated heterocycles. The highest BCUT2D eigenvalue weighted by atomic mass is 16.3. The van der Waals surface area contributed by atoms with E-state index in [1.807, 2.05) is 6.07 Å². The van der Waals surface area contributed by atoms with Crippen LogP contribution in [0.4, 0.5) is 0 Å². The van der Waals surface area contributed by atoms with Crippen LogP contribution in [0.2, 0.25) is 0 Å². The Labute approximate surface area is 87.7 Å². The van der Waals surface area contributed by atoms with Gasteiger partial charge in [0.25, 0.3) is 0 Å². The molecule has 1 unspecified atom stereocenters. The molecular formula is C11H11N3O. The molecule has 0 radical (unpaired) electrons. The minimum Gasteiger partial charge on any atom is -0.376 e. The standard InChI is InChI=1S/C11H11N3O/c1-11(15,9-5-2-3-6-12-9)10-13-7-4-8-14-10/h2-8,15H,1H3. The van der Waals surface area contributed by atoms with Crippen molar-refractivity contribution in [2.75, 3.05) is 0 Å². The highest BCUT2D eigenvalue weighted by molar-refractivity contribution is 5.20. The van der Waals surface area contributed by atoms with Crippen molar-refractivity contribution in [1.29, 1.82) is 0 Å². The summed E-state index contributed by atoms with van der Waals surface area (Å²) >= 11 is 0. The van der Waals surface area contributed by atoms with Gasteiger partial charge in [-0.05, 0) is 25.1 Å². The van der Waals surface area contributed by atoms with Crippen molar-refractivity contribution < 1.29 is 5.11 Å². The largest absolute Gasteiger partial charge is 0.376 e. The third kappa shape index (κ3) is 1.85. The van der Waals surface area contributed by atoms with Crippen LogP contribution in [0.5, 0.6) is 0 Å². The van der Waals surface area contributed by atoms with E-state index in [0.717, 1.165) is 0 Å². The predicted octanol–water partition coefficient (Wildman–Crippen LogP) is 1.13. The molecule has 2 aromatic heterocycles. The number of nitrogens with zero attached hydrogens (tertiary/aromatic N) is 3. The Kier molecular flexibility index (Phi) is 2.43. The molecule has 2 heterocycles. The molecule has 0 bridgehead atoms. The Balaban J connectivity index is 2.44. The summed E-state index contributed by atoms with van der Waals surface area (Å²) in [4.78, 5) is 12.1. The Bertz CT molecular complexity index is 387. The first-order valence-electron chi connectivity index (χ1n) is 4.62. The van der Waals surface area contributed by atoms with Crippen molar-refractivity contribution in [1.82, 2.24) is 15.0 Å². The summed E-state index contributed by atoms with van der Waals surface area (Å²) in [6.45, 7) is 1.63. The molecule has 0 aromatic carbocycles. The number of hydrogen-bond acceptors (Lipinski definition) is 4. The van der Waals surface area contributed by atoms with E-state index in [1.54, 1.807) is 43.7 Å². The number of rotatable bonds is 2. The fourth-order valence-electron chi connectivity index (χ4n) is 1.32. The van der Waals surface area contributed by atoms with E-state index in [4.69, 9.17) is 0 Å². The maximum atomic E-state index is 10.3. The second-order valence-electron chi connectivity index (χ2n) is 3.36. The Hall–Kier alpha value is -1.81. The van der Waals surface area contributed by atoms with Gasteiger partial charge in [-0.2, -0.15) is 0 Å². The molecule has 1 N–H and O–H groups in total. The van der Waals surface area contributed by atoms with E-state index in [1.165, 1.54) is 0 Å². The summed E-state index contributed by atoms with van der Waals surface area (Å²) in [5.41, 5.74) is -0.709. The van der Waals surface area contributed by atoms with Crippen molar-refractivity contribution in [2.45, 2.75) is 12.5 Å². The molecule has 2 aromatic rings. The van der Waals surface area contributed by atoms with Gasteiger partial charge in [-0.25, -0.2) is 9.97 Å². The van der Waals surface area contributed by atoms with Gasteiger partial charge in [-0.3, -0.25) is 4.98 Å². The lowest BCUT2D eigenvalue weighted by Gasteiger charge is -2.20. The molecule has 0 aliphatic heterocycles. The molecule has 0 fully saturated rings. The number of aliphatic hydroxyl groups is 1. The zero-order valence-electron chi connectivity index (χ0n) is 8.33. The molecule has 0 aliphatic carbocycles. The highest BCUT2D eigenvalue weighted by Gasteiger charge is 2.29. The molecule has 4 nitrogen and oxygen atoms in total. The van der Waals surface area contributed by atoms with Crippen LogP contribution in [0, 0.1) is 0 Å². The molecule has 0 saturated carbocycles. The fourth-order valence-corrected chi connectivity index (χ4v) is 1.32. The van der Waals surface area contributed by atoms with Crippen molar-refractivity contribution in [3.05, 3.63) is 54.4 Å². The zero-order chi connectivity index (χ0) is 10.7. The van der Waals surface area contributed by atoms with Gasteiger partial charge in [0.1, 0.15) is 0 Å². The van der Waals surface area contributed by atoms with Gasteiger partial charge < -0.3 is 5.11 Å². The smallest absolute Gasteiger partial charge is 0.166 e. The van der Waals surface area contributed by atoms with Gasteiger partial charge in [0.05, 0.1) is 5.69 Å².